The number of ether oxygens (including phenoxy) is 1. The molecule has 1 amide bonds. The standard InChI is InChI=1S/C21H19BrN2O3/c1-13(2)23-20(25)12-27-21(26)17-11-19(14-6-5-7-15(22)10-14)24-18-9-4-3-8-16(17)18/h3-11,13H,12H2,1-2H3,(H,23,25). The van der Waals surface area contributed by atoms with Crippen molar-refractivity contribution in [2.24, 2.45) is 0 Å². The first-order valence-electron chi connectivity index (χ1n) is 8.56. The van der Waals surface area contributed by atoms with Gasteiger partial charge in [-0.05, 0) is 38.1 Å². The molecule has 1 aromatic heterocycles. The van der Waals surface area contributed by atoms with E-state index in [9.17, 15) is 9.59 Å². The molecule has 0 atom stereocenters. The van der Waals surface area contributed by atoms with Crippen LogP contribution in [0.15, 0.2) is 59.1 Å². The Balaban J connectivity index is 1.96. The lowest BCUT2D eigenvalue weighted by Crippen LogP contribution is -2.34. The smallest absolute Gasteiger partial charge is 0.339 e. The first kappa shape index (κ1) is 19.0. The molecule has 6 heteroatoms. The monoisotopic (exact) mass is 426 g/mol. The molecule has 0 aliphatic rings. The number of carbonyl (C=O) groups is 2. The van der Waals surface area contributed by atoms with E-state index >= 15 is 0 Å². The highest BCUT2D eigenvalue weighted by molar-refractivity contribution is 9.10. The third kappa shape index (κ3) is 4.71. The molecule has 0 radical (unpaired) electrons. The summed E-state index contributed by atoms with van der Waals surface area (Å²) < 4.78 is 6.15. The summed E-state index contributed by atoms with van der Waals surface area (Å²) in [7, 11) is 0. The average molecular weight is 427 g/mol. The van der Waals surface area contributed by atoms with Crippen LogP contribution in [0.1, 0.15) is 24.2 Å². The lowest BCUT2D eigenvalue weighted by molar-refractivity contribution is -0.124. The molecule has 3 aromatic rings. The van der Waals surface area contributed by atoms with Gasteiger partial charge in [0.15, 0.2) is 6.61 Å². The van der Waals surface area contributed by atoms with Crippen molar-refractivity contribution in [2.75, 3.05) is 6.61 Å². The van der Waals surface area contributed by atoms with E-state index in [0.717, 1.165) is 10.0 Å². The van der Waals surface area contributed by atoms with Gasteiger partial charge in [0.25, 0.3) is 5.91 Å². The van der Waals surface area contributed by atoms with Crippen LogP contribution in [0.3, 0.4) is 0 Å². The van der Waals surface area contributed by atoms with Crippen LogP contribution in [0, 0.1) is 0 Å². The third-order valence-electron chi connectivity index (χ3n) is 3.84. The molecule has 0 fully saturated rings. The topological polar surface area (TPSA) is 68.3 Å². The van der Waals surface area contributed by atoms with Crippen LogP contribution in [0.5, 0.6) is 0 Å². The molecule has 0 spiro atoms. The summed E-state index contributed by atoms with van der Waals surface area (Å²) in [6, 6.07) is 16.7. The molecule has 0 saturated carbocycles. The number of esters is 1. The predicted octanol–water partition coefficient (Wildman–Crippen LogP) is 4.35. The van der Waals surface area contributed by atoms with E-state index in [2.05, 4.69) is 26.2 Å². The number of nitrogens with zero attached hydrogens (tertiary/aromatic N) is 1. The molecule has 0 aliphatic heterocycles. The lowest BCUT2D eigenvalue weighted by Gasteiger charge is -2.11. The first-order chi connectivity index (χ1) is 12.9. The highest BCUT2D eigenvalue weighted by Gasteiger charge is 2.16. The minimum Gasteiger partial charge on any atom is -0.452 e. The highest BCUT2D eigenvalue weighted by Crippen LogP contribution is 2.27. The molecule has 2 aromatic carbocycles. The Labute approximate surface area is 165 Å². The summed E-state index contributed by atoms with van der Waals surface area (Å²) in [6.07, 6.45) is 0. The van der Waals surface area contributed by atoms with E-state index in [0.29, 0.717) is 22.2 Å². The number of benzene rings is 2. The van der Waals surface area contributed by atoms with Gasteiger partial charge < -0.3 is 10.1 Å². The molecule has 3 rings (SSSR count). The number of carbonyl (C=O) groups excluding carboxylic acids is 2. The Hall–Kier alpha value is -2.73. The Bertz CT molecular complexity index is 1000. The number of nitrogens with one attached hydrogen (secondary N) is 1. The Morgan fingerprint density at radius 2 is 1.89 bits per heavy atom. The second-order valence-electron chi connectivity index (χ2n) is 6.38. The normalized spacial score (nSPS) is 10.8. The van der Waals surface area contributed by atoms with Gasteiger partial charge in [-0.15, -0.1) is 0 Å². The van der Waals surface area contributed by atoms with Crippen LogP contribution < -0.4 is 5.32 Å². The van der Waals surface area contributed by atoms with Gasteiger partial charge in [0.05, 0.1) is 16.8 Å². The SMILES string of the molecule is CC(C)NC(=O)COC(=O)c1cc(-c2cccc(Br)c2)nc2ccccc12. The maximum Gasteiger partial charge on any atom is 0.339 e. The molecule has 0 saturated heterocycles. The zero-order chi connectivity index (χ0) is 19.4. The Kier molecular flexibility index (Phi) is 5.86. The molecule has 1 heterocycles. The number of hydrogen-bond acceptors (Lipinski definition) is 4. The van der Waals surface area contributed by atoms with Crippen molar-refractivity contribution >= 4 is 38.7 Å². The second kappa shape index (κ2) is 8.31. The van der Waals surface area contributed by atoms with E-state index in [1.165, 1.54) is 0 Å². The molecule has 1 N–H and O–H groups in total. The number of hydrogen-bond donors (Lipinski definition) is 1. The summed E-state index contributed by atoms with van der Waals surface area (Å²) >= 11 is 3.45. The lowest BCUT2D eigenvalue weighted by atomic mass is 10.0. The fraction of sp³-hybridized carbons (Fsp3) is 0.190. The summed E-state index contributed by atoms with van der Waals surface area (Å²) in [5.41, 5.74) is 2.61. The van der Waals surface area contributed by atoms with Crippen LogP contribution >= 0.6 is 15.9 Å². The van der Waals surface area contributed by atoms with E-state index < -0.39 is 5.97 Å². The number of aromatic nitrogens is 1. The van der Waals surface area contributed by atoms with E-state index in [1.807, 2.05) is 62.4 Å². The number of pyridine rings is 1. The van der Waals surface area contributed by atoms with E-state index in [1.54, 1.807) is 6.07 Å². The van der Waals surface area contributed by atoms with Gasteiger partial charge >= 0.3 is 5.97 Å². The van der Waals surface area contributed by atoms with Crippen LogP contribution in [0.2, 0.25) is 0 Å². The van der Waals surface area contributed by atoms with E-state index in [-0.39, 0.29) is 18.6 Å². The van der Waals surface area contributed by atoms with Gasteiger partial charge in [-0.25, -0.2) is 9.78 Å². The summed E-state index contributed by atoms with van der Waals surface area (Å²) in [5, 5.41) is 3.38. The van der Waals surface area contributed by atoms with E-state index in [4.69, 9.17) is 4.74 Å². The number of halogens is 1. The largest absolute Gasteiger partial charge is 0.452 e. The molecule has 0 unspecified atom stereocenters. The fourth-order valence-corrected chi connectivity index (χ4v) is 3.11. The summed E-state index contributed by atoms with van der Waals surface area (Å²) in [4.78, 5) is 29.1. The molecular weight excluding hydrogens is 408 g/mol. The van der Waals surface area contributed by atoms with Crippen molar-refractivity contribution in [2.45, 2.75) is 19.9 Å². The number of fused-ring (bicyclic) bond motifs is 1. The number of amides is 1. The Morgan fingerprint density at radius 1 is 1.11 bits per heavy atom. The fourth-order valence-electron chi connectivity index (χ4n) is 2.71. The van der Waals surface area contributed by atoms with Gasteiger partial charge in [0.2, 0.25) is 0 Å². The van der Waals surface area contributed by atoms with Crippen molar-refractivity contribution in [3.05, 3.63) is 64.6 Å². The minimum absolute atomic E-state index is 0.0129. The van der Waals surface area contributed by atoms with Crippen molar-refractivity contribution in [1.82, 2.24) is 10.3 Å². The first-order valence-corrected chi connectivity index (χ1v) is 9.35. The van der Waals surface area contributed by atoms with Crippen molar-refractivity contribution in [3.63, 3.8) is 0 Å². The predicted molar refractivity (Wildman–Crippen MR) is 108 cm³/mol. The quantitative estimate of drug-likeness (QED) is 0.615. The van der Waals surface area contributed by atoms with Crippen LogP contribution in [-0.2, 0) is 9.53 Å². The molecule has 5 nitrogen and oxygen atoms in total. The van der Waals surface area contributed by atoms with Gasteiger partial charge in [0.1, 0.15) is 0 Å². The number of rotatable bonds is 5. The zero-order valence-corrected chi connectivity index (χ0v) is 16.6. The van der Waals surface area contributed by atoms with Crippen LogP contribution in [-0.4, -0.2) is 29.5 Å². The summed E-state index contributed by atoms with van der Waals surface area (Å²) in [6.45, 7) is 3.38. The van der Waals surface area contributed by atoms with Crippen LogP contribution in [0.25, 0.3) is 22.2 Å². The van der Waals surface area contributed by atoms with Gasteiger partial charge in [-0.2, -0.15) is 0 Å². The third-order valence-corrected chi connectivity index (χ3v) is 4.33. The Morgan fingerprint density at radius 3 is 2.63 bits per heavy atom. The maximum absolute atomic E-state index is 12.7. The van der Waals surface area contributed by atoms with Crippen molar-refractivity contribution in [1.29, 1.82) is 0 Å². The molecule has 138 valence electrons. The molecule has 0 aliphatic carbocycles. The van der Waals surface area contributed by atoms with Crippen molar-refractivity contribution < 1.29 is 14.3 Å². The number of para-hydroxylation sites is 1. The average Bonchev–Trinajstić information content (AvgIpc) is 2.64. The van der Waals surface area contributed by atoms with Crippen LogP contribution in [0.4, 0.5) is 0 Å². The van der Waals surface area contributed by atoms with Crippen molar-refractivity contribution in [3.8, 4) is 11.3 Å². The maximum atomic E-state index is 12.7. The highest BCUT2D eigenvalue weighted by atomic mass is 79.9. The summed E-state index contributed by atoms with van der Waals surface area (Å²) in [5.74, 6) is -0.882. The van der Waals surface area contributed by atoms with Gasteiger partial charge in [-0.1, -0.05) is 46.3 Å². The molecular formula is C21H19BrN2O3. The second-order valence-corrected chi connectivity index (χ2v) is 7.30. The van der Waals surface area contributed by atoms with Gasteiger partial charge in [0, 0.05) is 21.5 Å². The minimum atomic E-state index is -0.552. The van der Waals surface area contributed by atoms with Gasteiger partial charge in [-0.3, -0.25) is 4.79 Å². The zero-order valence-electron chi connectivity index (χ0n) is 15.0. The molecule has 27 heavy (non-hydrogen) atoms. The molecule has 0 bridgehead atoms.